The Hall–Kier alpha value is -3.15. The van der Waals surface area contributed by atoms with Crippen LogP contribution in [0.1, 0.15) is 12.2 Å². The summed E-state index contributed by atoms with van der Waals surface area (Å²) in [6.07, 6.45) is 3.24. The van der Waals surface area contributed by atoms with E-state index in [1.165, 1.54) is 0 Å². The number of carbonyl (C=O) groups is 2. The number of benzene rings is 2. The van der Waals surface area contributed by atoms with Gasteiger partial charge >= 0.3 is 5.97 Å². The monoisotopic (exact) mass is 323 g/mol. The summed E-state index contributed by atoms with van der Waals surface area (Å²) in [5, 5.41) is 13.4. The lowest BCUT2D eigenvalue weighted by atomic mass is 10.1. The molecule has 0 fully saturated rings. The SMILES string of the molecule is O=C(O)/C=C/C(=O)NCCCc1nc2cc3ccccc3cc2[nH]1. The number of fused-ring (bicyclic) bond motifs is 2. The zero-order chi connectivity index (χ0) is 16.9. The number of aromatic nitrogens is 2. The zero-order valence-electron chi connectivity index (χ0n) is 13.0. The van der Waals surface area contributed by atoms with E-state index in [-0.39, 0.29) is 0 Å². The van der Waals surface area contributed by atoms with Gasteiger partial charge in [-0.05, 0) is 29.3 Å². The Kier molecular flexibility index (Phi) is 4.56. The zero-order valence-corrected chi connectivity index (χ0v) is 13.0. The summed E-state index contributed by atoms with van der Waals surface area (Å²) in [6.45, 7) is 0.460. The van der Waals surface area contributed by atoms with Crippen LogP contribution >= 0.6 is 0 Å². The van der Waals surface area contributed by atoms with E-state index in [9.17, 15) is 9.59 Å². The molecule has 2 aromatic carbocycles. The Morgan fingerprint density at radius 1 is 1.17 bits per heavy atom. The molecule has 3 aromatic rings. The number of imidazole rings is 1. The number of aliphatic carboxylic acids is 1. The molecular formula is C18H17N3O3. The highest BCUT2D eigenvalue weighted by atomic mass is 16.4. The lowest BCUT2D eigenvalue weighted by Gasteiger charge is -2.00. The number of carboxylic acids is 1. The van der Waals surface area contributed by atoms with Crippen LogP contribution in [-0.2, 0) is 16.0 Å². The van der Waals surface area contributed by atoms with Gasteiger partial charge in [-0.15, -0.1) is 0 Å². The first kappa shape index (κ1) is 15.7. The Morgan fingerprint density at radius 2 is 1.92 bits per heavy atom. The fourth-order valence-electron chi connectivity index (χ4n) is 2.54. The highest BCUT2D eigenvalue weighted by molar-refractivity contribution is 5.95. The third-order valence-corrected chi connectivity index (χ3v) is 3.67. The van der Waals surface area contributed by atoms with Crippen LogP contribution in [0.15, 0.2) is 48.6 Å². The molecule has 0 unspecified atom stereocenters. The van der Waals surface area contributed by atoms with E-state index >= 15 is 0 Å². The number of aromatic amines is 1. The van der Waals surface area contributed by atoms with Crippen molar-refractivity contribution in [2.24, 2.45) is 0 Å². The number of nitrogens with zero attached hydrogens (tertiary/aromatic N) is 1. The van der Waals surface area contributed by atoms with Gasteiger partial charge in [0.1, 0.15) is 5.82 Å². The summed E-state index contributed by atoms with van der Waals surface area (Å²) < 4.78 is 0. The minimum absolute atomic E-state index is 0.409. The Bertz CT molecular complexity index is 875. The molecule has 6 nitrogen and oxygen atoms in total. The van der Waals surface area contributed by atoms with E-state index in [0.29, 0.717) is 19.4 Å². The topological polar surface area (TPSA) is 95.1 Å². The second kappa shape index (κ2) is 6.95. The van der Waals surface area contributed by atoms with Crippen LogP contribution in [0, 0.1) is 0 Å². The van der Waals surface area contributed by atoms with Crippen molar-refractivity contribution >= 4 is 33.7 Å². The molecular weight excluding hydrogens is 306 g/mol. The van der Waals surface area contributed by atoms with Gasteiger partial charge in [0.2, 0.25) is 5.91 Å². The van der Waals surface area contributed by atoms with Crippen LogP contribution in [0.25, 0.3) is 21.8 Å². The van der Waals surface area contributed by atoms with Gasteiger partial charge < -0.3 is 15.4 Å². The number of carbonyl (C=O) groups excluding carboxylic acids is 1. The molecule has 3 rings (SSSR count). The number of hydrogen-bond acceptors (Lipinski definition) is 3. The highest BCUT2D eigenvalue weighted by Gasteiger charge is 2.05. The largest absolute Gasteiger partial charge is 0.478 e. The summed E-state index contributed by atoms with van der Waals surface area (Å²) in [6, 6.07) is 12.3. The number of rotatable bonds is 6. The Labute approximate surface area is 138 Å². The summed E-state index contributed by atoms with van der Waals surface area (Å²) >= 11 is 0. The van der Waals surface area contributed by atoms with Crippen molar-refractivity contribution < 1.29 is 14.7 Å². The maximum atomic E-state index is 11.3. The smallest absolute Gasteiger partial charge is 0.328 e. The number of aryl methyl sites for hydroxylation is 1. The minimum atomic E-state index is -1.14. The molecule has 3 N–H and O–H groups in total. The second-order valence-corrected chi connectivity index (χ2v) is 5.47. The molecule has 0 saturated heterocycles. The summed E-state index contributed by atoms with van der Waals surface area (Å²) in [7, 11) is 0. The van der Waals surface area contributed by atoms with Gasteiger partial charge in [-0.3, -0.25) is 4.79 Å². The van der Waals surface area contributed by atoms with Crippen LogP contribution in [-0.4, -0.2) is 33.5 Å². The lowest BCUT2D eigenvalue weighted by Crippen LogP contribution is -2.22. The molecule has 0 aliphatic carbocycles. The third-order valence-electron chi connectivity index (χ3n) is 3.67. The number of hydrogen-bond donors (Lipinski definition) is 3. The van der Waals surface area contributed by atoms with E-state index < -0.39 is 11.9 Å². The first-order valence-electron chi connectivity index (χ1n) is 7.68. The van der Waals surface area contributed by atoms with Gasteiger partial charge in [0.05, 0.1) is 11.0 Å². The van der Waals surface area contributed by atoms with Crippen molar-refractivity contribution in [2.45, 2.75) is 12.8 Å². The van der Waals surface area contributed by atoms with Crippen molar-refractivity contribution in [1.82, 2.24) is 15.3 Å². The van der Waals surface area contributed by atoms with Crippen LogP contribution < -0.4 is 5.32 Å². The molecule has 1 heterocycles. The van der Waals surface area contributed by atoms with Crippen molar-refractivity contribution in [1.29, 1.82) is 0 Å². The summed E-state index contributed by atoms with van der Waals surface area (Å²) in [5.41, 5.74) is 1.93. The quantitative estimate of drug-likeness (QED) is 0.479. The molecule has 1 amide bonds. The molecule has 0 bridgehead atoms. The Morgan fingerprint density at radius 3 is 2.67 bits per heavy atom. The van der Waals surface area contributed by atoms with Crippen LogP contribution in [0.3, 0.4) is 0 Å². The van der Waals surface area contributed by atoms with Crippen molar-refractivity contribution in [3.63, 3.8) is 0 Å². The molecule has 0 aliphatic heterocycles. The first-order valence-corrected chi connectivity index (χ1v) is 7.68. The summed E-state index contributed by atoms with van der Waals surface area (Å²) in [4.78, 5) is 29.5. The fraction of sp³-hybridized carbons (Fsp3) is 0.167. The average Bonchev–Trinajstić information content (AvgIpc) is 2.96. The van der Waals surface area contributed by atoms with E-state index in [2.05, 4.69) is 39.6 Å². The van der Waals surface area contributed by atoms with Gasteiger partial charge in [0.15, 0.2) is 0 Å². The standard InChI is InChI=1S/C18H17N3O3/c22-17(7-8-18(23)24)19-9-3-6-16-20-14-10-12-4-1-2-5-13(12)11-15(14)21-16/h1-2,4-5,7-8,10-11H,3,6,9H2,(H,19,22)(H,20,21)(H,23,24)/b8-7+. The van der Waals surface area contributed by atoms with Crippen molar-refractivity contribution in [3.8, 4) is 0 Å². The number of amides is 1. The summed E-state index contributed by atoms with van der Waals surface area (Å²) in [5.74, 6) is -0.677. The predicted octanol–water partition coefficient (Wildman–Crippen LogP) is 2.41. The molecule has 122 valence electrons. The van der Waals surface area contributed by atoms with Crippen LogP contribution in [0.5, 0.6) is 0 Å². The van der Waals surface area contributed by atoms with Gasteiger partial charge in [-0.1, -0.05) is 24.3 Å². The van der Waals surface area contributed by atoms with Crippen LogP contribution in [0.2, 0.25) is 0 Å². The van der Waals surface area contributed by atoms with E-state index in [1.54, 1.807) is 0 Å². The lowest BCUT2D eigenvalue weighted by molar-refractivity contribution is -0.131. The normalized spacial score (nSPS) is 11.3. The second-order valence-electron chi connectivity index (χ2n) is 5.47. The highest BCUT2D eigenvalue weighted by Crippen LogP contribution is 2.21. The maximum absolute atomic E-state index is 11.3. The van der Waals surface area contributed by atoms with Crippen molar-refractivity contribution in [3.05, 3.63) is 54.4 Å². The van der Waals surface area contributed by atoms with Crippen LogP contribution in [0.4, 0.5) is 0 Å². The minimum Gasteiger partial charge on any atom is -0.478 e. The number of H-pyrrole nitrogens is 1. The van der Waals surface area contributed by atoms with E-state index in [0.717, 1.165) is 39.8 Å². The van der Waals surface area contributed by atoms with E-state index in [4.69, 9.17) is 5.11 Å². The van der Waals surface area contributed by atoms with Gasteiger partial charge in [-0.25, -0.2) is 9.78 Å². The van der Waals surface area contributed by atoms with E-state index in [1.807, 2.05) is 12.1 Å². The molecule has 0 atom stereocenters. The molecule has 24 heavy (non-hydrogen) atoms. The van der Waals surface area contributed by atoms with Gasteiger partial charge in [0, 0.05) is 25.1 Å². The molecule has 0 saturated carbocycles. The number of nitrogens with one attached hydrogen (secondary N) is 2. The molecule has 6 heteroatoms. The fourth-order valence-corrected chi connectivity index (χ4v) is 2.54. The Balaban J connectivity index is 1.59. The molecule has 0 aliphatic rings. The molecule has 0 spiro atoms. The molecule has 1 aromatic heterocycles. The first-order chi connectivity index (χ1) is 11.6. The van der Waals surface area contributed by atoms with Crippen molar-refractivity contribution in [2.75, 3.05) is 6.54 Å². The average molecular weight is 323 g/mol. The van der Waals surface area contributed by atoms with Gasteiger partial charge in [-0.2, -0.15) is 0 Å². The third kappa shape index (κ3) is 3.78. The maximum Gasteiger partial charge on any atom is 0.328 e. The molecule has 0 radical (unpaired) electrons. The predicted molar refractivity (Wildman–Crippen MR) is 91.7 cm³/mol. The van der Waals surface area contributed by atoms with Gasteiger partial charge in [0.25, 0.3) is 0 Å². The number of carboxylic acid groups (broad SMARTS) is 1.